The average Bonchev–Trinajstić information content (AvgIpc) is 3.26. The zero-order chi connectivity index (χ0) is 28.6. The van der Waals surface area contributed by atoms with Crippen LogP contribution in [-0.2, 0) is 22.4 Å². The molecule has 4 aromatic carbocycles. The Morgan fingerprint density at radius 3 is 1.64 bits per heavy atom. The molecule has 0 unspecified atom stereocenters. The summed E-state index contributed by atoms with van der Waals surface area (Å²) in [5, 5.41) is 3.09. The largest absolute Gasteiger partial charge is 0.457 e. The first-order valence-electron chi connectivity index (χ1n) is 13.4. The lowest BCUT2D eigenvalue weighted by Gasteiger charge is -2.12. The summed E-state index contributed by atoms with van der Waals surface area (Å²) in [6.07, 6.45) is 0.753. The zero-order valence-corrected chi connectivity index (χ0v) is 25.6. The highest BCUT2D eigenvalue weighted by atomic mass is 35.5. The molecule has 0 aliphatic carbocycles. The summed E-state index contributed by atoms with van der Waals surface area (Å²) in [6.45, 7) is 0. The molecule has 0 saturated carbocycles. The van der Waals surface area contributed by atoms with Crippen molar-refractivity contribution in [1.29, 1.82) is 0 Å². The van der Waals surface area contributed by atoms with Gasteiger partial charge in [-0.25, -0.2) is 0 Å². The van der Waals surface area contributed by atoms with Gasteiger partial charge in [0.05, 0.1) is 12.1 Å². The number of likely N-dealkylation sites (N-methyl/N-ethyl adjacent to an activating group) is 1. The number of nitrogens with two attached hydrogens (primary N) is 1. The topological polar surface area (TPSA) is 90.7 Å². The van der Waals surface area contributed by atoms with E-state index in [1.54, 1.807) is 23.5 Å². The number of nitrogens with one attached hydrogen (secondary N) is 1. The molecule has 6 rings (SSSR count). The second-order valence-corrected chi connectivity index (χ2v) is 11.8. The first-order chi connectivity index (χ1) is 20.0. The molecule has 0 fully saturated rings. The maximum absolute atomic E-state index is 12.3. The van der Waals surface area contributed by atoms with Crippen LogP contribution in [0, 0.1) is 0 Å². The summed E-state index contributed by atoms with van der Waals surface area (Å²) in [7, 11) is 1.83. The van der Waals surface area contributed by atoms with Crippen LogP contribution in [0.15, 0.2) is 107 Å². The van der Waals surface area contributed by atoms with Crippen molar-refractivity contribution in [3.8, 4) is 23.0 Å². The normalized spacial score (nSPS) is 17.7. The molecule has 2 heterocycles. The molecule has 0 aromatic heterocycles. The Labute approximate surface area is 261 Å². The minimum Gasteiger partial charge on any atom is -0.457 e. The minimum absolute atomic E-state index is 0. The smallest absolute Gasteiger partial charge is 0.155 e. The fourth-order valence-electron chi connectivity index (χ4n) is 4.52. The summed E-state index contributed by atoms with van der Waals surface area (Å²) in [4.78, 5) is 26.5. The Hall–Kier alpha value is -3.27. The molecule has 0 bridgehead atoms. The number of para-hydroxylation sites is 2. The van der Waals surface area contributed by atoms with Crippen molar-refractivity contribution < 1.29 is 19.1 Å². The number of thioether (sulfide) groups is 2. The molecule has 0 spiro atoms. The van der Waals surface area contributed by atoms with Crippen LogP contribution in [0.3, 0.4) is 0 Å². The number of carbonyl (C=O) groups is 2. The van der Waals surface area contributed by atoms with E-state index < -0.39 is 6.04 Å². The van der Waals surface area contributed by atoms with Gasteiger partial charge in [0.15, 0.2) is 11.6 Å². The first kappa shape index (κ1) is 31.7. The van der Waals surface area contributed by atoms with Crippen LogP contribution >= 0.6 is 35.9 Å². The third kappa shape index (κ3) is 7.96. The number of rotatable bonds is 5. The highest BCUT2D eigenvalue weighted by Gasteiger charge is 2.26. The number of hydrogen-bond acceptors (Lipinski definition) is 8. The molecule has 3 N–H and O–H groups in total. The van der Waals surface area contributed by atoms with Gasteiger partial charge in [0.1, 0.15) is 23.0 Å². The van der Waals surface area contributed by atoms with Gasteiger partial charge >= 0.3 is 0 Å². The van der Waals surface area contributed by atoms with Crippen LogP contribution in [-0.4, -0.2) is 42.2 Å². The van der Waals surface area contributed by atoms with Crippen molar-refractivity contribution in [2.45, 2.75) is 34.7 Å². The summed E-state index contributed by atoms with van der Waals surface area (Å²) in [5.41, 5.74) is 7.79. The predicted octanol–water partition coefficient (Wildman–Crippen LogP) is 6.73. The van der Waals surface area contributed by atoms with Gasteiger partial charge in [-0.1, -0.05) is 48.5 Å². The molecule has 2 aliphatic rings. The van der Waals surface area contributed by atoms with Gasteiger partial charge in [-0.3, -0.25) is 9.59 Å². The molecule has 6 nitrogen and oxygen atoms in total. The highest BCUT2D eigenvalue weighted by Crippen LogP contribution is 2.37. The first-order valence-corrected chi connectivity index (χ1v) is 15.4. The van der Waals surface area contributed by atoms with E-state index in [2.05, 4.69) is 11.4 Å². The second kappa shape index (κ2) is 15.3. The lowest BCUT2D eigenvalue weighted by Crippen LogP contribution is -2.36. The van der Waals surface area contributed by atoms with Gasteiger partial charge in [0, 0.05) is 45.3 Å². The van der Waals surface area contributed by atoms with Gasteiger partial charge < -0.3 is 20.5 Å². The number of ether oxygens (including phenoxy) is 2. The van der Waals surface area contributed by atoms with E-state index in [0.717, 1.165) is 49.7 Å². The van der Waals surface area contributed by atoms with Crippen molar-refractivity contribution in [3.05, 3.63) is 108 Å². The van der Waals surface area contributed by atoms with Crippen LogP contribution < -0.4 is 20.5 Å². The fraction of sp³-hybridized carbons (Fsp3) is 0.212. The van der Waals surface area contributed by atoms with E-state index in [1.807, 2.05) is 98.0 Å². The number of carbonyl (C=O) groups excluding carboxylic acids is 2. The molecule has 4 aromatic rings. The third-order valence-corrected chi connectivity index (χ3v) is 9.21. The van der Waals surface area contributed by atoms with E-state index in [4.69, 9.17) is 15.2 Å². The minimum atomic E-state index is -0.392. The van der Waals surface area contributed by atoms with Crippen molar-refractivity contribution >= 4 is 47.5 Å². The van der Waals surface area contributed by atoms with Gasteiger partial charge in [-0.05, 0) is 55.6 Å². The standard InChI is InChI=1S/C17H17NO2S.C16H15NO2S.ClH/c1-18-14-11-21-17-9-5-8-16(13(17)10-15(14)19)20-12-6-3-2-4-7-12;17-13-10-20-16-8-4-7-15(12(16)9-14(13)18)19-11-5-2-1-3-6-11;/h2-9,14,18H,10-11H2,1H3;1-8,13H,9-10,17H2;1H/t14-;13-;/m00./s1. The van der Waals surface area contributed by atoms with Crippen molar-refractivity contribution in [2.75, 3.05) is 18.6 Å². The highest BCUT2D eigenvalue weighted by molar-refractivity contribution is 7.99. The van der Waals surface area contributed by atoms with Crippen LogP contribution in [0.5, 0.6) is 23.0 Å². The van der Waals surface area contributed by atoms with Gasteiger partial charge in [0.2, 0.25) is 0 Å². The zero-order valence-electron chi connectivity index (χ0n) is 23.2. The molecule has 218 valence electrons. The summed E-state index contributed by atoms with van der Waals surface area (Å²) in [5.74, 6) is 4.75. The molecule has 9 heteroatoms. The van der Waals surface area contributed by atoms with Crippen molar-refractivity contribution in [3.63, 3.8) is 0 Å². The second-order valence-electron chi connectivity index (χ2n) is 9.65. The molecular formula is C33H33ClN2O4S2. The molecule has 0 amide bonds. The maximum atomic E-state index is 12.3. The Morgan fingerprint density at radius 2 is 1.14 bits per heavy atom. The predicted molar refractivity (Wildman–Crippen MR) is 173 cm³/mol. The van der Waals surface area contributed by atoms with Gasteiger partial charge in [0.25, 0.3) is 0 Å². The van der Waals surface area contributed by atoms with Crippen LogP contribution in [0.4, 0.5) is 0 Å². The van der Waals surface area contributed by atoms with Crippen molar-refractivity contribution in [1.82, 2.24) is 5.32 Å². The van der Waals surface area contributed by atoms with E-state index >= 15 is 0 Å². The molecule has 2 aliphatic heterocycles. The maximum Gasteiger partial charge on any atom is 0.155 e. The molecule has 0 radical (unpaired) electrons. The third-order valence-electron chi connectivity index (χ3n) is 6.80. The monoisotopic (exact) mass is 620 g/mol. The molecule has 42 heavy (non-hydrogen) atoms. The number of benzene rings is 4. The van der Waals surface area contributed by atoms with Gasteiger partial charge in [-0.2, -0.15) is 0 Å². The quantitative estimate of drug-likeness (QED) is 0.254. The lowest BCUT2D eigenvalue weighted by atomic mass is 10.0. The number of halogens is 1. The Kier molecular flexibility index (Phi) is 11.5. The van der Waals surface area contributed by atoms with E-state index in [0.29, 0.717) is 18.6 Å². The Bertz CT molecular complexity index is 1500. The van der Waals surface area contributed by atoms with Crippen LogP contribution in [0.2, 0.25) is 0 Å². The lowest BCUT2D eigenvalue weighted by molar-refractivity contribution is -0.120. The molecule has 0 saturated heterocycles. The summed E-state index contributed by atoms with van der Waals surface area (Å²) < 4.78 is 11.9. The number of Topliss-reactive ketones (excluding diaryl/α,β-unsaturated/α-hetero) is 2. The Balaban J connectivity index is 0.000000189. The number of ketones is 2. The SMILES string of the molecule is CN[C@H]1CSc2cccc(Oc3ccccc3)c2CC1=O.Cl.N[C@H]1CSc2cccc(Oc3ccccc3)c2CC1=O. The number of fused-ring (bicyclic) bond motifs is 2. The molecular weight excluding hydrogens is 588 g/mol. The van der Waals surface area contributed by atoms with Gasteiger partial charge in [-0.15, -0.1) is 35.9 Å². The average molecular weight is 621 g/mol. The van der Waals surface area contributed by atoms with Crippen LogP contribution in [0.25, 0.3) is 0 Å². The van der Waals surface area contributed by atoms with E-state index in [-0.39, 0.29) is 30.0 Å². The summed E-state index contributed by atoms with van der Waals surface area (Å²) in [6, 6.07) is 30.6. The summed E-state index contributed by atoms with van der Waals surface area (Å²) >= 11 is 3.33. The van der Waals surface area contributed by atoms with Crippen LogP contribution in [0.1, 0.15) is 11.1 Å². The Morgan fingerprint density at radius 1 is 0.667 bits per heavy atom. The number of hydrogen-bond donors (Lipinski definition) is 2. The molecule has 2 atom stereocenters. The van der Waals surface area contributed by atoms with E-state index in [1.165, 1.54) is 0 Å². The van der Waals surface area contributed by atoms with Crippen molar-refractivity contribution in [2.24, 2.45) is 5.73 Å². The fourth-order valence-corrected chi connectivity index (χ4v) is 6.81. The van der Waals surface area contributed by atoms with E-state index in [9.17, 15) is 9.59 Å².